The lowest BCUT2D eigenvalue weighted by Gasteiger charge is -2.10. The maximum Gasteiger partial charge on any atom is 0.137 e. The fourth-order valence-corrected chi connectivity index (χ4v) is 1.84. The van der Waals surface area contributed by atoms with E-state index in [0.717, 1.165) is 17.3 Å². The van der Waals surface area contributed by atoms with Gasteiger partial charge in [0, 0.05) is 17.3 Å². The Morgan fingerprint density at radius 2 is 2.13 bits per heavy atom. The second kappa shape index (κ2) is 4.04. The highest BCUT2D eigenvalue weighted by molar-refractivity contribution is 5.87. The van der Waals surface area contributed by atoms with Gasteiger partial charge in [0.1, 0.15) is 12.4 Å². The van der Waals surface area contributed by atoms with Crippen molar-refractivity contribution in [2.24, 2.45) is 0 Å². The predicted octanol–water partition coefficient (Wildman–Crippen LogP) is 1.99. The number of furan rings is 1. The standard InChI is InChI=1S/C12H15NO2/c1-13(2)6-9-4-3-5-10-8-15-11(7-14)12(9)10/h3-5,8,14H,6-7H2,1-2H3. The van der Waals surface area contributed by atoms with Crippen molar-refractivity contribution in [3.63, 3.8) is 0 Å². The molecule has 15 heavy (non-hydrogen) atoms. The molecule has 0 saturated carbocycles. The normalized spacial score (nSPS) is 11.5. The van der Waals surface area contributed by atoms with Crippen molar-refractivity contribution in [3.05, 3.63) is 35.8 Å². The van der Waals surface area contributed by atoms with Crippen molar-refractivity contribution in [2.45, 2.75) is 13.2 Å². The summed E-state index contributed by atoms with van der Waals surface area (Å²) >= 11 is 0. The predicted molar refractivity (Wildman–Crippen MR) is 59.5 cm³/mol. The molecular formula is C12H15NO2. The second-order valence-electron chi connectivity index (χ2n) is 3.94. The molecule has 2 aromatic rings. The van der Waals surface area contributed by atoms with Crippen LogP contribution in [0.25, 0.3) is 10.8 Å². The minimum atomic E-state index is -0.0477. The van der Waals surface area contributed by atoms with Gasteiger partial charge in [-0.2, -0.15) is 0 Å². The number of aliphatic hydroxyl groups excluding tert-OH is 1. The smallest absolute Gasteiger partial charge is 0.137 e. The Hall–Kier alpha value is -1.32. The number of benzene rings is 1. The number of aliphatic hydroxyl groups is 1. The summed E-state index contributed by atoms with van der Waals surface area (Å²) in [6.45, 7) is 0.803. The van der Waals surface area contributed by atoms with E-state index in [1.54, 1.807) is 6.26 Å². The van der Waals surface area contributed by atoms with Crippen molar-refractivity contribution in [1.82, 2.24) is 4.90 Å². The van der Waals surface area contributed by atoms with Gasteiger partial charge in [0.05, 0.1) is 6.26 Å². The third-order valence-electron chi connectivity index (χ3n) is 2.42. The molecule has 1 aromatic heterocycles. The van der Waals surface area contributed by atoms with E-state index in [2.05, 4.69) is 11.0 Å². The van der Waals surface area contributed by atoms with Crippen LogP contribution in [-0.2, 0) is 13.2 Å². The third kappa shape index (κ3) is 1.89. The van der Waals surface area contributed by atoms with Crippen LogP contribution in [0.1, 0.15) is 11.3 Å². The van der Waals surface area contributed by atoms with Gasteiger partial charge in [0.2, 0.25) is 0 Å². The zero-order valence-corrected chi connectivity index (χ0v) is 9.03. The lowest BCUT2D eigenvalue weighted by Crippen LogP contribution is -2.10. The lowest BCUT2D eigenvalue weighted by atomic mass is 10.1. The zero-order chi connectivity index (χ0) is 10.8. The van der Waals surface area contributed by atoms with Crippen molar-refractivity contribution >= 4 is 10.8 Å². The Balaban J connectivity index is 2.56. The van der Waals surface area contributed by atoms with E-state index in [0.29, 0.717) is 5.76 Å². The van der Waals surface area contributed by atoms with Crippen LogP contribution in [0.4, 0.5) is 0 Å². The van der Waals surface area contributed by atoms with Crippen LogP contribution in [0.5, 0.6) is 0 Å². The summed E-state index contributed by atoms with van der Waals surface area (Å²) in [7, 11) is 4.05. The Labute approximate surface area is 88.9 Å². The first-order chi connectivity index (χ1) is 7.22. The van der Waals surface area contributed by atoms with E-state index in [9.17, 15) is 5.11 Å². The van der Waals surface area contributed by atoms with Crippen LogP contribution < -0.4 is 0 Å². The van der Waals surface area contributed by atoms with Gasteiger partial charge in [-0.05, 0) is 19.7 Å². The number of nitrogens with zero attached hydrogens (tertiary/aromatic N) is 1. The van der Waals surface area contributed by atoms with Crippen LogP contribution in [0.15, 0.2) is 28.9 Å². The molecule has 0 aliphatic carbocycles. The van der Waals surface area contributed by atoms with E-state index < -0.39 is 0 Å². The lowest BCUT2D eigenvalue weighted by molar-refractivity contribution is 0.249. The molecule has 0 unspecified atom stereocenters. The minimum Gasteiger partial charge on any atom is -0.466 e. The molecule has 3 heteroatoms. The van der Waals surface area contributed by atoms with Gasteiger partial charge in [0.15, 0.2) is 0 Å². The molecule has 0 fully saturated rings. The summed E-state index contributed by atoms with van der Waals surface area (Å²) in [5.74, 6) is 0.655. The number of fused-ring (bicyclic) bond motifs is 1. The highest BCUT2D eigenvalue weighted by Gasteiger charge is 2.09. The quantitative estimate of drug-likeness (QED) is 0.832. The fraction of sp³-hybridized carbons (Fsp3) is 0.333. The van der Waals surface area contributed by atoms with E-state index >= 15 is 0 Å². The average Bonchev–Trinajstić information content (AvgIpc) is 2.61. The van der Waals surface area contributed by atoms with E-state index in [4.69, 9.17) is 4.42 Å². The van der Waals surface area contributed by atoms with Gasteiger partial charge < -0.3 is 14.4 Å². The Morgan fingerprint density at radius 1 is 1.33 bits per heavy atom. The van der Waals surface area contributed by atoms with E-state index in [1.165, 1.54) is 5.56 Å². The summed E-state index contributed by atoms with van der Waals surface area (Å²) < 4.78 is 5.32. The molecule has 0 atom stereocenters. The van der Waals surface area contributed by atoms with Gasteiger partial charge >= 0.3 is 0 Å². The van der Waals surface area contributed by atoms with Gasteiger partial charge in [0.25, 0.3) is 0 Å². The van der Waals surface area contributed by atoms with E-state index in [1.807, 2.05) is 26.2 Å². The van der Waals surface area contributed by atoms with Crippen molar-refractivity contribution in [2.75, 3.05) is 14.1 Å². The highest BCUT2D eigenvalue weighted by atomic mass is 16.4. The Bertz CT molecular complexity index is 460. The summed E-state index contributed by atoms with van der Waals surface area (Å²) in [4.78, 5) is 2.10. The summed E-state index contributed by atoms with van der Waals surface area (Å²) in [6, 6.07) is 6.08. The minimum absolute atomic E-state index is 0.0477. The molecule has 1 heterocycles. The number of rotatable bonds is 3. The molecule has 0 spiro atoms. The van der Waals surface area contributed by atoms with Crippen LogP contribution in [-0.4, -0.2) is 24.1 Å². The van der Waals surface area contributed by atoms with Crippen LogP contribution >= 0.6 is 0 Å². The molecule has 3 nitrogen and oxygen atoms in total. The van der Waals surface area contributed by atoms with Gasteiger partial charge in [-0.1, -0.05) is 18.2 Å². The molecule has 0 bridgehead atoms. The monoisotopic (exact) mass is 205 g/mol. The molecule has 0 aliphatic rings. The topological polar surface area (TPSA) is 36.6 Å². The summed E-state index contributed by atoms with van der Waals surface area (Å²) in [6.07, 6.45) is 1.69. The highest BCUT2D eigenvalue weighted by Crippen LogP contribution is 2.25. The molecule has 0 saturated heterocycles. The van der Waals surface area contributed by atoms with Crippen LogP contribution in [0, 0.1) is 0 Å². The number of hydrogen-bond donors (Lipinski definition) is 1. The molecule has 0 aliphatic heterocycles. The average molecular weight is 205 g/mol. The van der Waals surface area contributed by atoms with E-state index in [-0.39, 0.29) is 6.61 Å². The Kier molecular flexibility index (Phi) is 2.75. The van der Waals surface area contributed by atoms with Crippen LogP contribution in [0.3, 0.4) is 0 Å². The summed E-state index contributed by atoms with van der Waals surface area (Å²) in [5.41, 5.74) is 1.19. The van der Waals surface area contributed by atoms with Gasteiger partial charge in [-0.25, -0.2) is 0 Å². The van der Waals surface area contributed by atoms with Gasteiger partial charge in [-0.15, -0.1) is 0 Å². The maximum atomic E-state index is 9.18. The first-order valence-corrected chi connectivity index (χ1v) is 4.96. The summed E-state index contributed by atoms with van der Waals surface area (Å²) in [5, 5.41) is 11.3. The first kappa shape index (κ1) is 10.2. The third-order valence-corrected chi connectivity index (χ3v) is 2.42. The molecule has 0 amide bonds. The van der Waals surface area contributed by atoms with Crippen molar-refractivity contribution in [3.8, 4) is 0 Å². The van der Waals surface area contributed by atoms with Gasteiger partial charge in [-0.3, -0.25) is 0 Å². The van der Waals surface area contributed by atoms with Crippen molar-refractivity contribution in [1.29, 1.82) is 0 Å². The molecule has 1 aromatic carbocycles. The van der Waals surface area contributed by atoms with Crippen molar-refractivity contribution < 1.29 is 9.52 Å². The molecule has 2 rings (SSSR count). The maximum absolute atomic E-state index is 9.18. The molecule has 1 N–H and O–H groups in total. The fourth-order valence-electron chi connectivity index (χ4n) is 1.84. The molecule has 80 valence electrons. The zero-order valence-electron chi connectivity index (χ0n) is 9.03. The van der Waals surface area contributed by atoms with Crippen LogP contribution in [0.2, 0.25) is 0 Å². The SMILES string of the molecule is CN(C)Cc1cccc2coc(CO)c12. The first-order valence-electron chi connectivity index (χ1n) is 4.96. The molecular weight excluding hydrogens is 190 g/mol. The molecule has 0 radical (unpaired) electrons. The second-order valence-corrected chi connectivity index (χ2v) is 3.94. The largest absolute Gasteiger partial charge is 0.466 e. The Morgan fingerprint density at radius 3 is 2.80 bits per heavy atom. The number of hydrogen-bond acceptors (Lipinski definition) is 3.